The molecule has 3 aromatic heterocycles. The van der Waals surface area contributed by atoms with Crippen LogP contribution < -0.4 is 10.9 Å². The zero-order chi connectivity index (χ0) is 21.1. The summed E-state index contributed by atoms with van der Waals surface area (Å²) in [6, 6.07) is 17.3. The van der Waals surface area contributed by atoms with E-state index >= 15 is 0 Å². The van der Waals surface area contributed by atoms with Gasteiger partial charge in [0.25, 0.3) is 5.56 Å². The van der Waals surface area contributed by atoms with Crippen LogP contribution in [0.2, 0.25) is 0 Å². The number of aromatic nitrogens is 3. The molecule has 30 heavy (non-hydrogen) atoms. The molecule has 0 fully saturated rings. The smallest absolute Gasteiger partial charge is 0.250 e. The van der Waals surface area contributed by atoms with Gasteiger partial charge in [-0.2, -0.15) is 0 Å². The van der Waals surface area contributed by atoms with Gasteiger partial charge in [-0.25, -0.2) is 4.98 Å². The molecule has 6 nitrogen and oxygen atoms in total. The fourth-order valence-electron chi connectivity index (χ4n) is 3.43. The molecular formula is C23H22N4O2S. The number of thiazole rings is 1. The summed E-state index contributed by atoms with van der Waals surface area (Å²) in [4.78, 5) is 28.7. The van der Waals surface area contributed by atoms with Crippen molar-refractivity contribution < 1.29 is 4.79 Å². The monoisotopic (exact) mass is 418 g/mol. The van der Waals surface area contributed by atoms with Gasteiger partial charge in [-0.05, 0) is 31.5 Å². The zero-order valence-corrected chi connectivity index (χ0v) is 17.6. The molecule has 0 aliphatic heterocycles. The lowest BCUT2D eigenvalue weighted by molar-refractivity contribution is -0.116. The molecule has 4 rings (SSSR count). The molecular weight excluding hydrogens is 396 g/mol. The summed E-state index contributed by atoms with van der Waals surface area (Å²) in [6.45, 7) is 4.94. The van der Waals surface area contributed by atoms with Crippen LogP contribution in [0.4, 0.5) is 5.13 Å². The van der Waals surface area contributed by atoms with Gasteiger partial charge >= 0.3 is 0 Å². The molecule has 0 aliphatic rings. The first-order valence-corrected chi connectivity index (χ1v) is 10.5. The number of rotatable bonds is 6. The first kappa shape index (κ1) is 19.8. The Morgan fingerprint density at radius 3 is 2.63 bits per heavy atom. The molecule has 1 aromatic carbocycles. The average molecular weight is 419 g/mol. The van der Waals surface area contributed by atoms with E-state index in [1.165, 1.54) is 27.5 Å². The van der Waals surface area contributed by atoms with Crippen molar-refractivity contribution in [3.63, 3.8) is 0 Å². The number of pyridine rings is 1. The fourth-order valence-corrected chi connectivity index (χ4v) is 4.16. The standard InChI is InChI=1S/C23H22N4O2S/c1-16-12-19(17(2)27(16)13-18-8-4-3-5-9-18)20-15-30-23(24-20)25-21(28)14-26-11-7-6-10-22(26)29/h3-12,15H,13-14H2,1-2H3,(H,24,25,28). The highest BCUT2D eigenvalue weighted by Gasteiger charge is 2.15. The second-order valence-electron chi connectivity index (χ2n) is 7.11. The van der Waals surface area contributed by atoms with Crippen molar-refractivity contribution in [2.24, 2.45) is 0 Å². The van der Waals surface area contributed by atoms with Gasteiger partial charge in [0.1, 0.15) is 6.54 Å². The van der Waals surface area contributed by atoms with E-state index in [0.717, 1.165) is 29.2 Å². The third kappa shape index (κ3) is 4.26. The van der Waals surface area contributed by atoms with E-state index in [-0.39, 0.29) is 18.0 Å². The van der Waals surface area contributed by atoms with E-state index in [4.69, 9.17) is 0 Å². The Labute approximate surface area is 178 Å². The van der Waals surface area contributed by atoms with Crippen LogP contribution in [0.25, 0.3) is 11.3 Å². The van der Waals surface area contributed by atoms with Crippen LogP contribution >= 0.6 is 11.3 Å². The van der Waals surface area contributed by atoms with Crippen LogP contribution in [-0.4, -0.2) is 20.0 Å². The molecule has 0 aliphatic carbocycles. The minimum Gasteiger partial charge on any atom is -0.344 e. The van der Waals surface area contributed by atoms with E-state index in [9.17, 15) is 9.59 Å². The highest BCUT2D eigenvalue weighted by atomic mass is 32.1. The van der Waals surface area contributed by atoms with Gasteiger partial charge in [0, 0.05) is 41.1 Å². The van der Waals surface area contributed by atoms with E-state index in [2.05, 4.69) is 46.9 Å². The minimum absolute atomic E-state index is 0.0415. The van der Waals surface area contributed by atoms with Gasteiger partial charge < -0.3 is 14.5 Å². The fraction of sp³-hybridized carbons (Fsp3) is 0.174. The van der Waals surface area contributed by atoms with Crippen molar-refractivity contribution in [2.45, 2.75) is 26.9 Å². The molecule has 152 valence electrons. The number of anilines is 1. The summed E-state index contributed by atoms with van der Waals surface area (Å²) < 4.78 is 3.63. The summed E-state index contributed by atoms with van der Waals surface area (Å²) >= 11 is 1.38. The molecule has 7 heteroatoms. The third-order valence-electron chi connectivity index (χ3n) is 5.00. The number of aryl methyl sites for hydroxylation is 1. The van der Waals surface area contributed by atoms with E-state index in [1.807, 2.05) is 23.6 Å². The van der Waals surface area contributed by atoms with E-state index in [1.54, 1.807) is 18.3 Å². The van der Waals surface area contributed by atoms with Crippen LogP contribution in [0, 0.1) is 13.8 Å². The SMILES string of the molecule is Cc1cc(-c2csc(NC(=O)Cn3ccccc3=O)n2)c(C)n1Cc1ccccc1. The Morgan fingerprint density at radius 2 is 1.87 bits per heavy atom. The molecule has 1 amide bonds. The maximum absolute atomic E-state index is 12.3. The Balaban J connectivity index is 1.50. The summed E-state index contributed by atoms with van der Waals surface area (Å²) in [6.07, 6.45) is 1.59. The predicted octanol–water partition coefficient (Wildman–Crippen LogP) is 4.08. The quantitative estimate of drug-likeness (QED) is 0.513. The second kappa shape index (κ2) is 8.51. The first-order valence-electron chi connectivity index (χ1n) is 9.63. The maximum atomic E-state index is 12.3. The Kier molecular flexibility index (Phi) is 5.63. The Hall–Kier alpha value is -3.45. The number of amides is 1. The molecule has 0 saturated carbocycles. The normalized spacial score (nSPS) is 10.9. The highest BCUT2D eigenvalue weighted by Crippen LogP contribution is 2.30. The van der Waals surface area contributed by atoms with Crippen molar-refractivity contribution >= 4 is 22.4 Å². The number of benzene rings is 1. The largest absolute Gasteiger partial charge is 0.344 e. The maximum Gasteiger partial charge on any atom is 0.250 e. The van der Waals surface area contributed by atoms with Crippen molar-refractivity contribution in [3.8, 4) is 11.3 Å². The molecule has 0 unspecified atom stereocenters. The molecule has 0 saturated heterocycles. The lowest BCUT2D eigenvalue weighted by atomic mass is 10.2. The summed E-state index contributed by atoms with van der Waals surface area (Å²) in [7, 11) is 0. The summed E-state index contributed by atoms with van der Waals surface area (Å²) in [5.74, 6) is -0.279. The van der Waals surface area contributed by atoms with Crippen LogP contribution in [0.15, 0.2) is 71.0 Å². The molecule has 0 spiro atoms. The number of carbonyl (C=O) groups excluding carboxylic acids is 1. The molecule has 0 bridgehead atoms. The van der Waals surface area contributed by atoms with E-state index in [0.29, 0.717) is 5.13 Å². The van der Waals surface area contributed by atoms with Gasteiger partial charge in [0.05, 0.1) is 5.69 Å². The third-order valence-corrected chi connectivity index (χ3v) is 5.75. The lowest BCUT2D eigenvalue weighted by Crippen LogP contribution is -2.26. The van der Waals surface area contributed by atoms with Crippen LogP contribution in [0.3, 0.4) is 0 Å². The number of carbonyl (C=O) groups is 1. The molecule has 0 atom stereocenters. The van der Waals surface area contributed by atoms with Crippen molar-refractivity contribution in [1.82, 2.24) is 14.1 Å². The molecule has 0 radical (unpaired) electrons. The van der Waals surface area contributed by atoms with Gasteiger partial charge in [-0.1, -0.05) is 36.4 Å². The lowest BCUT2D eigenvalue weighted by Gasteiger charge is -2.09. The van der Waals surface area contributed by atoms with Gasteiger partial charge in [-0.3, -0.25) is 9.59 Å². The predicted molar refractivity (Wildman–Crippen MR) is 120 cm³/mol. The minimum atomic E-state index is -0.279. The van der Waals surface area contributed by atoms with Gasteiger partial charge in [0.2, 0.25) is 5.91 Å². The summed E-state index contributed by atoms with van der Waals surface area (Å²) in [5.41, 5.74) is 5.22. The zero-order valence-electron chi connectivity index (χ0n) is 16.8. The Morgan fingerprint density at radius 1 is 1.10 bits per heavy atom. The van der Waals surface area contributed by atoms with Crippen molar-refractivity contribution in [2.75, 3.05) is 5.32 Å². The Bertz CT molecular complexity index is 1240. The number of nitrogens with one attached hydrogen (secondary N) is 1. The average Bonchev–Trinajstić information content (AvgIpc) is 3.30. The van der Waals surface area contributed by atoms with Crippen LogP contribution in [0.5, 0.6) is 0 Å². The van der Waals surface area contributed by atoms with Gasteiger partial charge in [-0.15, -0.1) is 11.3 Å². The number of nitrogens with zero attached hydrogens (tertiary/aromatic N) is 3. The molecule has 3 heterocycles. The second-order valence-corrected chi connectivity index (χ2v) is 7.97. The van der Waals surface area contributed by atoms with Crippen LogP contribution in [-0.2, 0) is 17.9 Å². The van der Waals surface area contributed by atoms with Gasteiger partial charge in [0.15, 0.2) is 5.13 Å². The van der Waals surface area contributed by atoms with E-state index < -0.39 is 0 Å². The number of hydrogen-bond acceptors (Lipinski definition) is 4. The van der Waals surface area contributed by atoms with Crippen LogP contribution in [0.1, 0.15) is 17.0 Å². The summed E-state index contributed by atoms with van der Waals surface area (Å²) in [5, 5.41) is 5.25. The van der Waals surface area contributed by atoms with Crippen molar-refractivity contribution in [3.05, 3.63) is 93.5 Å². The highest BCUT2D eigenvalue weighted by molar-refractivity contribution is 7.14. The number of hydrogen-bond donors (Lipinski definition) is 1. The molecule has 1 N–H and O–H groups in total. The topological polar surface area (TPSA) is 68.9 Å². The van der Waals surface area contributed by atoms with Crippen molar-refractivity contribution in [1.29, 1.82) is 0 Å². The molecule has 4 aromatic rings. The first-order chi connectivity index (χ1) is 14.5.